The molecule has 0 aliphatic carbocycles. The molecular weight excluding hydrogens is 248 g/mol. The molecule has 0 aliphatic heterocycles. The lowest BCUT2D eigenvalue weighted by molar-refractivity contribution is 0.0780. The average Bonchev–Trinajstić information content (AvgIpc) is 2.78. The first-order valence-corrected chi connectivity index (χ1v) is 6.09. The molecular formula is C14H15ClN2O. The highest BCUT2D eigenvalue weighted by atomic mass is 35.5. The number of benzene rings is 1. The van der Waals surface area contributed by atoms with E-state index in [2.05, 4.69) is 4.98 Å². The van der Waals surface area contributed by atoms with Gasteiger partial charge in [0, 0.05) is 19.8 Å². The van der Waals surface area contributed by atoms with Gasteiger partial charge in [-0.25, -0.2) is 0 Å². The minimum Gasteiger partial charge on any atom is -0.356 e. The van der Waals surface area contributed by atoms with Crippen molar-refractivity contribution in [2.45, 2.75) is 13.5 Å². The lowest BCUT2D eigenvalue weighted by atomic mass is 10.1. The second kappa shape index (κ2) is 5.27. The van der Waals surface area contributed by atoms with E-state index in [1.807, 2.05) is 31.2 Å². The van der Waals surface area contributed by atoms with E-state index in [1.165, 1.54) is 5.56 Å². The lowest BCUT2D eigenvalue weighted by Crippen LogP contribution is -2.26. The summed E-state index contributed by atoms with van der Waals surface area (Å²) in [6.07, 6.45) is 1.61. The van der Waals surface area contributed by atoms with Gasteiger partial charge in [0.2, 0.25) is 0 Å². The topological polar surface area (TPSA) is 36.1 Å². The molecule has 3 nitrogen and oxygen atoms in total. The number of H-pyrrole nitrogens is 1. The maximum atomic E-state index is 12.1. The number of aromatic amines is 1. The molecule has 0 bridgehead atoms. The maximum Gasteiger partial charge on any atom is 0.270 e. The third-order valence-electron chi connectivity index (χ3n) is 2.89. The largest absolute Gasteiger partial charge is 0.356 e. The molecule has 2 aromatic rings. The van der Waals surface area contributed by atoms with Gasteiger partial charge in [0.1, 0.15) is 5.69 Å². The van der Waals surface area contributed by atoms with E-state index < -0.39 is 0 Å². The van der Waals surface area contributed by atoms with Gasteiger partial charge in [-0.15, -0.1) is 0 Å². The quantitative estimate of drug-likeness (QED) is 0.906. The molecule has 1 aromatic carbocycles. The second-order valence-electron chi connectivity index (χ2n) is 4.32. The van der Waals surface area contributed by atoms with E-state index in [0.29, 0.717) is 17.3 Å². The molecule has 1 N–H and O–H groups in total. The summed E-state index contributed by atoms with van der Waals surface area (Å²) in [5.41, 5.74) is 2.84. The van der Waals surface area contributed by atoms with Gasteiger partial charge in [-0.3, -0.25) is 4.79 Å². The van der Waals surface area contributed by atoms with Gasteiger partial charge in [-0.05, 0) is 24.1 Å². The number of rotatable bonds is 3. The molecule has 0 aliphatic rings. The number of aryl methyl sites for hydroxylation is 1. The minimum absolute atomic E-state index is 0.0647. The summed E-state index contributed by atoms with van der Waals surface area (Å²) in [4.78, 5) is 16.6. The van der Waals surface area contributed by atoms with Crippen LogP contribution in [0, 0.1) is 6.92 Å². The van der Waals surface area contributed by atoms with E-state index in [4.69, 9.17) is 11.6 Å². The summed E-state index contributed by atoms with van der Waals surface area (Å²) in [5, 5.41) is 0.544. The Morgan fingerprint density at radius 2 is 2.11 bits per heavy atom. The van der Waals surface area contributed by atoms with E-state index in [1.54, 1.807) is 24.2 Å². The van der Waals surface area contributed by atoms with Crippen LogP contribution in [-0.2, 0) is 6.54 Å². The molecule has 0 saturated heterocycles. The second-order valence-corrected chi connectivity index (χ2v) is 4.76. The molecule has 1 amide bonds. The molecule has 0 unspecified atom stereocenters. The van der Waals surface area contributed by atoms with Crippen LogP contribution in [0.15, 0.2) is 36.5 Å². The van der Waals surface area contributed by atoms with Crippen LogP contribution < -0.4 is 0 Å². The van der Waals surface area contributed by atoms with Crippen molar-refractivity contribution in [3.05, 3.63) is 58.4 Å². The molecule has 0 radical (unpaired) electrons. The number of hydrogen-bond acceptors (Lipinski definition) is 1. The van der Waals surface area contributed by atoms with E-state index in [-0.39, 0.29) is 5.91 Å². The number of carbonyl (C=O) groups is 1. The van der Waals surface area contributed by atoms with Gasteiger partial charge in [0.05, 0.1) is 5.02 Å². The van der Waals surface area contributed by atoms with Crippen molar-refractivity contribution in [1.82, 2.24) is 9.88 Å². The van der Waals surface area contributed by atoms with Crippen LogP contribution in [0.25, 0.3) is 0 Å². The molecule has 0 saturated carbocycles. The zero-order valence-corrected chi connectivity index (χ0v) is 11.2. The molecule has 94 valence electrons. The SMILES string of the molecule is Cc1ccccc1CN(C)C(=O)c1cc(Cl)c[nH]1. The smallest absolute Gasteiger partial charge is 0.270 e. The molecule has 18 heavy (non-hydrogen) atoms. The van der Waals surface area contributed by atoms with Gasteiger partial charge in [0.15, 0.2) is 0 Å². The Balaban J connectivity index is 2.11. The molecule has 1 heterocycles. The van der Waals surface area contributed by atoms with Crippen LogP contribution in [0.2, 0.25) is 5.02 Å². The van der Waals surface area contributed by atoms with E-state index in [0.717, 1.165) is 5.56 Å². The fourth-order valence-electron chi connectivity index (χ4n) is 1.81. The highest BCUT2D eigenvalue weighted by Gasteiger charge is 2.14. The first-order chi connectivity index (χ1) is 8.58. The average molecular weight is 263 g/mol. The van der Waals surface area contributed by atoms with E-state index in [9.17, 15) is 4.79 Å². The number of aromatic nitrogens is 1. The number of amides is 1. The first kappa shape index (κ1) is 12.7. The molecule has 0 spiro atoms. The molecule has 2 rings (SSSR count). The van der Waals surface area contributed by atoms with Crippen molar-refractivity contribution >= 4 is 17.5 Å². The third kappa shape index (κ3) is 2.74. The van der Waals surface area contributed by atoms with Crippen molar-refractivity contribution in [3.8, 4) is 0 Å². The standard InChI is InChI=1S/C14H15ClN2O/c1-10-5-3-4-6-11(10)9-17(2)14(18)13-7-12(15)8-16-13/h3-8,16H,9H2,1-2H3. The Hall–Kier alpha value is -1.74. The molecule has 4 heteroatoms. The van der Waals surface area contributed by atoms with Crippen molar-refractivity contribution in [2.24, 2.45) is 0 Å². The number of halogens is 1. The van der Waals surface area contributed by atoms with Crippen LogP contribution in [0.5, 0.6) is 0 Å². The predicted molar refractivity (Wildman–Crippen MR) is 72.8 cm³/mol. The zero-order chi connectivity index (χ0) is 13.1. The fraction of sp³-hybridized carbons (Fsp3) is 0.214. The summed E-state index contributed by atoms with van der Waals surface area (Å²) in [6, 6.07) is 9.68. The monoisotopic (exact) mass is 262 g/mol. The predicted octanol–water partition coefficient (Wildman–Crippen LogP) is 3.25. The zero-order valence-electron chi connectivity index (χ0n) is 10.4. The Labute approximate surface area is 111 Å². The van der Waals surface area contributed by atoms with Crippen molar-refractivity contribution in [3.63, 3.8) is 0 Å². The minimum atomic E-state index is -0.0647. The number of nitrogens with one attached hydrogen (secondary N) is 1. The third-order valence-corrected chi connectivity index (χ3v) is 3.11. The fourth-order valence-corrected chi connectivity index (χ4v) is 1.98. The van der Waals surface area contributed by atoms with E-state index >= 15 is 0 Å². The van der Waals surface area contributed by atoms with Crippen molar-refractivity contribution in [1.29, 1.82) is 0 Å². The van der Waals surface area contributed by atoms with Crippen LogP contribution in [0.1, 0.15) is 21.6 Å². The van der Waals surface area contributed by atoms with Crippen molar-refractivity contribution < 1.29 is 4.79 Å². The Kier molecular flexibility index (Phi) is 3.72. The highest BCUT2D eigenvalue weighted by molar-refractivity contribution is 6.30. The number of hydrogen-bond donors (Lipinski definition) is 1. The summed E-state index contributed by atoms with van der Waals surface area (Å²) < 4.78 is 0. The summed E-state index contributed by atoms with van der Waals surface area (Å²) in [6.45, 7) is 2.63. The summed E-state index contributed by atoms with van der Waals surface area (Å²) >= 11 is 5.79. The Bertz CT molecular complexity index is 562. The summed E-state index contributed by atoms with van der Waals surface area (Å²) in [5.74, 6) is -0.0647. The van der Waals surface area contributed by atoms with Crippen LogP contribution >= 0.6 is 11.6 Å². The van der Waals surface area contributed by atoms with Crippen LogP contribution in [0.3, 0.4) is 0 Å². The number of nitrogens with zero attached hydrogens (tertiary/aromatic N) is 1. The van der Waals surface area contributed by atoms with Crippen molar-refractivity contribution in [2.75, 3.05) is 7.05 Å². The van der Waals surface area contributed by atoms with Gasteiger partial charge in [-0.1, -0.05) is 35.9 Å². The summed E-state index contributed by atoms with van der Waals surface area (Å²) in [7, 11) is 1.78. The normalized spacial score (nSPS) is 10.4. The molecule has 1 aromatic heterocycles. The Morgan fingerprint density at radius 1 is 1.39 bits per heavy atom. The lowest BCUT2D eigenvalue weighted by Gasteiger charge is -2.17. The van der Waals surface area contributed by atoms with Gasteiger partial charge >= 0.3 is 0 Å². The molecule has 0 atom stereocenters. The first-order valence-electron chi connectivity index (χ1n) is 5.72. The van der Waals surface area contributed by atoms with Crippen LogP contribution in [0.4, 0.5) is 0 Å². The van der Waals surface area contributed by atoms with Gasteiger partial charge in [-0.2, -0.15) is 0 Å². The van der Waals surface area contributed by atoms with Crippen LogP contribution in [-0.4, -0.2) is 22.8 Å². The maximum absolute atomic E-state index is 12.1. The number of carbonyl (C=O) groups excluding carboxylic acids is 1. The molecule has 0 fully saturated rings. The highest BCUT2D eigenvalue weighted by Crippen LogP contribution is 2.14. The Morgan fingerprint density at radius 3 is 2.72 bits per heavy atom. The van der Waals surface area contributed by atoms with Gasteiger partial charge < -0.3 is 9.88 Å². The van der Waals surface area contributed by atoms with Gasteiger partial charge in [0.25, 0.3) is 5.91 Å².